The van der Waals surface area contributed by atoms with Gasteiger partial charge in [0.1, 0.15) is 5.75 Å². The quantitative estimate of drug-likeness (QED) is 0.805. The first-order chi connectivity index (χ1) is 7.99. The van der Waals surface area contributed by atoms with Crippen molar-refractivity contribution in [2.45, 2.75) is 6.54 Å². The summed E-state index contributed by atoms with van der Waals surface area (Å²) in [5.74, 6) is 0.434. The van der Waals surface area contributed by atoms with Crippen LogP contribution in [0.15, 0.2) is 24.3 Å². The van der Waals surface area contributed by atoms with Gasteiger partial charge in [0, 0.05) is 13.6 Å². The van der Waals surface area contributed by atoms with Crippen LogP contribution in [0.2, 0.25) is 0 Å². The summed E-state index contributed by atoms with van der Waals surface area (Å²) < 4.78 is 29.5. The predicted octanol–water partition coefficient (Wildman–Crippen LogP) is 0.449. The summed E-state index contributed by atoms with van der Waals surface area (Å²) in [5.41, 5.74) is 0.841. The number of nitrogens with zero attached hydrogens (tertiary/aromatic N) is 1. The Morgan fingerprint density at radius 3 is 2.71 bits per heavy atom. The van der Waals surface area contributed by atoms with Crippen molar-refractivity contribution in [1.29, 1.82) is 0 Å². The Kier molecular flexibility index (Phi) is 4.92. The van der Waals surface area contributed by atoms with Crippen LogP contribution >= 0.6 is 0 Å². The van der Waals surface area contributed by atoms with Crippen LogP contribution in [0.5, 0.6) is 5.75 Å². The fourth-order valence-electron chi connectivity index (χ4n) is 1.40. The zero-order valence-corrected chi connectivity index (χ0v) is 10.8. The number of hydrogen-bond donors (Lipinski definition) is 1. The molecule has 1 aromatic rings. The minimum Gasteiger partial charge on any atom is -0.497 e. The molecule has 0 aliphatic heterocycles. The molecule has 0 bridgehead atoms. The Labute approximate surface area is 102 Å². The molecule has 0 aliphatic carbocycles. The molecule has 0 amide bonds. The van der Waals surface area contributed by atoms with Gasteiger partial charge in [0.25, 0.3) is 0 Å². The monoisotopic (exact) mass is 259 g/mol. The summed E-state index contributed by atoms with van der Waals surface area (Å²) in [5, 5.41) is 8.67. The molecular weight excluding hydrogens is 242 g/mol. The van der Waals surface area contributed by atoms with Gasteiger partial charge in [-0.1, -0.05) is 12.1 Å². The Morgan fingerprint density at radius 2 is 2.12 bits per heavy atom. The molecule has 0 saturated heterocycles. The summed E-state index contributed by atoms with van der Waals surface area (Å²) >= 11 is 0. The normalized spacial score (nSPS) is 11.8. The first-order valence-corrected chi connectivity index (χ1v) is 6.78. The zero-order chi connectivity index (χ0) is 12.9. The minimum atomic E-state index is -3.39. The van der Waals surface area contributed by atoms with Crippen LogP contribution in [0.4, 0.5) is 0 Å². The van der Waals surface area contributed by atoms with Gasteiger partial charge in [-0.15, -0.1) is 0 Å². The lowest BCUT2D eigenvalue weighted by molar-refractivity contribution is 0.316. The highest BCUT2D eigenvalue weighted by Gasteiger charge is 2.17. The van der Waals surface area contributed by atoms with Gasteiger partial charge in [0.05, 0.1) is 19.5 Å². The van der Waals surface area contributed by atoms with Crippen LogP contribution in [0.3, 0.4) is 0 Å². The number of aliphatic hydroxyl groups excluding tert-OH is 1. The molecular formula is C11H17NO4S. The van der Waals surface area contributed by atoms with E-state index in [0.717, 1.165) is 5.56 Å². The molecule has 0 aliphatic rings. The van der Waals surface area contributed by atoms with E-state index in [1.54, 1.807) is 25.3 Å². The highest BCUT2D eigenvalue weighted by molar-refractivity contribution is 7.89. The fraction of sp³-hybridized carbons (Fsp3) is 0.455. The number of rotatable bonds is 6. The molecule has 0 aromatic heterocycles. The third-order valence-corrected chi connectivity index (χ3v) is 4.14. The average Bonchev–Trinajstić information content (AvgIpc) is 2.29. The SMILES string of the molecule is COc1cccc(CN(C)S(=O)(=O)CCO)c1. The number of benzene rings is 1. The number of methoxy groups -OCH3 is 1. The van der Waals surface area contributed by atoms with E-state index in [1.165, 1.54) is 11.4 Å². The van der Waals surface area contributed by atoms with Gasteiger partial charge in [-0.2, -0.15) is 0 Å². The van der Waals surface area contributed by atoms with Crippen molar-refractivity contribution in [3.63, 3.8) is 0 Å². The lowest BCUT2D eigenvalue weighted by atomic mass is 10.2. The van der Waals surface area contributed by atoms with Gasteiger partial charge in [0.15, 0.2) is 0 Å². The molecule has 1 aromatic carbocycles. The first kappa shape index (κ1) is 14.0. The number of ether oxygens (including phenoxy) is 1. The summed E-state index contributed by atoms with van der Waals surface area (Å²) in [6, 6.07) is 7.21. The van der Waals surface area contributed by atoms with Crippen molar-refractivity contribution in [2.24, 2.45) is 0 Å². The van der Waals surface area contributed by atoms with E-state index in [9.17, 15) is 8.42 Å². The topological polar surface area (TPSA) is 66.8 Å². The Hall–Kier alpha value is -1.11. The maximum atomic E-state index is 11.6. The van der Waals surface area contributed by atoms with Gasteiger partial charge in [-0.3, -0.25) is 0 Å². The van der Waals surface area contributed by atoms with Crippen molar-refractivity contribution in [3.05, 3.63) is 29.8 Å². The van der Waals surface area contributed by atoms with E-state index in [0.29, 0.717) is 5.75 Å². The van der Waals surface area contributed by atoms with Crippen molar-refractivity contribution >= 4 is 10.0 Å². The predicted molar refractivity (Wildman–Crippen MR) is 65.3 cm³/mol. The molecule has 6 heteroatoms. The van der Waals surface area contributed by atoms with E-state index >= 15 is 0 Å². The van der Waals surface area contributed by atoms with Gasteiger partial charge < -0.3 is 9.84 Å². The lowest BCUT2D eigenvalue weighted by Gasteiger charge is -2.16. The molecule has 0 atom stereocenters. The zero-order valence-electron chi connectivity index (χ0n) is 9.96. The number of aliphatic hydroxyl groups is 1. The average molecular weight is 259 g/mol. The molecule has 96 valence electrons. The highest BCUT2D eigenvalue weighted by atomic mass is 32.2. The van der Waals surface area contributed by atoms with E-state index in [-0.39, 0.29) is 18.9 Å². The van der Waals surface area contributed by atoms with Gasteiger partial charge in [-0.05, 0) is 17.7 Å². The summed E-state index contributed by atoms with van der Waals surface area (Å²) in [4.78, 5) is 0. The molecule has 5 nitrogen and oxygen atoms in total. The van der Waals surface area contributed by atoms with Crippen molar-refractivity contribution < 1.29 is 18.3 Å². The van der Waals surface area contributed by atoms with Crippen LogP contribution in [0.1, 0.15) is 5.56 Å². The van der Waals surface area contributed by atoms with E-state index in [2.05, 4.69) is 0 Å². The van der Waals surface area contributed by atoms with Gasteiger partial charge in [-0.25, -0.2) is 12.7 Å². The smallest absolute Gasteiger partial charge is 0.216 e. The Morgan fingerprint density at radius 1 is 1.41 bits per heavy atom. The molecule has 0 fully saturated rings. The minimum absolute atomic E-state index is 0.256. The number of sulfonamides is 1. The third kappa shape index (κ3) is 3.99. The van der Waals surface area contributed by atoms with Crippen molar-refractivity contribution in [1.82, 2.24) is 4.31 Å². The van der Waals surface area contributed by atoms with E-state index in [4.69, 9.17) is 9.84 Å². The fourth-order valence-corrected chi connectivity index (χ4v) is 2.29. The Balaban J connectivity index is 2.77. The maximum Gasteiger partial charge on any atom is 0.216 e. The largest absolute Gasteiger partial charge is 0.497 e. The molecule has 17 heavy (non-hydrogen) atoms. The Bertz CT molecular complexity index is 458. The van der Waals surface area contributed by atoms with E-state index in [1.807, 2.05) is 6.07 Å². The second-order valence-corrected chi connectivity index (χ2v) is 5.84. The molecule has 0 heterocycles. The maximum absolute atomic E-state index is 11.6. The van der Waals surface area contributed by atoms with E-state index < -0.39 is 10.0 Å². The molecule has 1 rings (SSSR count). The molecule has 0 radical (unpaired) electrons. The summed E-state index contributed by atoms with van der Waals surface area (Å²) in [7, 11) is -0.334. The summed E-state index contributed by atoms with van der Waals surface area (Å²) in [6.07, 6.45) is 0. The van der Waals surface area contributed by atoms with Crippen LogP contribution in [-0.4, -0.2) is 44.3 Å². The molecule has 0 spiro atoms. The molecule has 0 saturated carbocycles. The van der Waals surface area contributed by atoms with Crippen molar-refractivity contribution in [2.75, 3.05) is 26.5 Å². The molecule has 0 unspecified atom stereocenters. The van der Waals surface area contributed by atoms with Gasteiger partial charge >= 0.3 is 0 Å². The van der Waals surface area contributed by atoms with Crippen molar-refractivity contribution in [3.8, 4) is 5.75 Å². The third-order valence-electron chi connectivity index (χ3n) is 2.36. The standard InChI is InChI=1S/C11H17NO4S/c1-12(17(14,15)7-6-13)9-10-4-3-5-11(8-10)16-2/h3-5,8,13H,6-7,9H2,1-2H3. The lowest BCUT2D eigenvalue weighted by Crippen LogP contribution is -2.30. The van der Waals surface area contributed by atoms with Crippen LogP contribution < -0.4 is 4.74 Å². The number of hydrogen-bond acceptors (Lipinski definition) is 4. The second-order valence-electron chi connectivity index (χ2n) is 3.65. The van der Waals surface area contributed by atoms with Gasteiger partial charge in [0.2, 0.25) is 10.0 Å². The first-order valence-electron chi connectivity index (χ1n) is 5.17. The van der Waals surface area contributed by atoms with Crippen LogP contribution in [-0.2, 0) is 16.6 Å². The second kappa shape index (κ2) is 6.00. The van der Waals surface area contributed by atoms with Crippen LogP contribution in [0.25, 0.3) is 0 Å². The van der Waals surface area contributed by atoms with Crippen LogP contribution in [0, 0.1) is 0 Å². The highest BCUT2D eigenvalue weighted by Crippen LogP contribution is 2.15. The molecule has 1 N–H and O–H groups in total. The summed E-state index contributed by atoms with van der Waals surface area (Å²) in [6.45, 7) is -0.107.